The minimum atomic E-state index is -0.962. The number of hydrogen-bond acceptors (Lipinski definition) is 6. The molecule has 1 saturated heterocycles. The van der Waals surface area contributed by atoms with Crippen LogP contribution in [-0.4, -0.2) is 27.2 Å². The third kappa shape index (κ3) is 5.35. The van der Waals surface area contributed by atoms with Gasteiger partial charge in [-0.15, -0.1) is 0 Å². The second-order valence-electron chi connectivity index (χ2n) is 9.70. The van der Waals surface area contributed by atoms with Gasteiger partial charge < -0.3 is 14.3 Å². The molecule has 0 bridgehead atoms. The van der Waals surface area contributed by atoms with E-state index in [1.165, 1.54) is 5.56 Å². The molecule has 0 radical (unpaired) electrons. The summed E-state index contributed by atoms with van der Waals surface area (Å²) >= 11 is 0. The third-order valence-corrected chi connectivity index (χ3v) is 6.90. The molecule has 0 amide bonds. The normalized spacial score (nSPS) is 19.2. The van der Waals surface area contributed by atoms with Crippen LogP contribution in [0.3, 0.4) is 0 Å². The largest absolute Gasteiger partial charge is 0.479 e. The molecule has 7 nitrogen and oxygen atoms in total. The summed E-state index contributed by atoms with van der Waals surface area (Å²) in [4.78, 5) is 22.4. The molecule has 4 atom stereocenters. The number of carboxylic acids is 1. The molecule has 0 aliphatic carbocycles. The lowest BCUT2D eigenvalue weighted by Crippen LogP contribution is -2.26. The first-order valence-corrected chi connectivity index (χ1v) is 12.8. The zero-order valence-corrected chi connectivity index (χ0v) is 22.0. The summed E-state index contributed by atoms with van der Waals surface area (Å²) in [6.45, 7) is 7.97. The highest BCUT2D eigenvalue weighted by Crippen LogP contribution is 2.55. The lowest BCUT2D eigenvalue weighted by Gasteiger charge is -2.15. The maximum Gasteiger partial charge on any atom is 0.344 e. The predicted octanol–water partition coefficient (Wildman–Crippen LogP) is 6.74. The molecule has 2 heterocycles. The van der Waals surface area contributed by atoms with Crippen LogP contribution in [0.4, 0.5) is 0 Å². The molecule has 1 fully saturated rings. The highest BCUT2D eigenvalue weighted by molar-refractivity contribution is 5.72. The molecule has 3 aromatic carbocycles. The smallest absolute Gasteiger partial charge is 0.344 e. The molecule has 7 heteroatoms. The average molecular weight is 513 g/mol. The maximum atomic E-state index is 11.4. The second-order valence-corrected chi connectivity index (χ2v) is 9.70. The minimum absolute atomic E-state index is 0.00960. The summed E-state index contributed by atoms with van der Waals surface area (Å²) in [6, 6.07) is 24.3. The van der Waals surface area contributed by atoms with Gasteiger partial charge in [-0.1, -0.05) is 67.1 Å². The van der Waals surface area contributed by atoms with Gasteiger partial charge in [0.2, 0.25) is 5.89 Å². The van der Waals surface area contributed by atoms with Crippen LogP contribution < -0.4 is 4.74 Å². The molecular formula is C31H32N2O5. The van der Waals surface area contributed by atoms with Crippen molar-refractivity contribution in [3.8, 4) is 17.2 Å². The number of aromatic nitrogens is 1. The number of aryl methyl sites for hydroxylation is 3. The van der Waals surface area contributed by atoms with E-state index in [2.05, 4.69) is 12.1 Å². The number of hydrogen-bond donors (Lipinski definition) is 1. The first kappa shape index (κ1) is 25.7. The predicted molar refractivity (Wildman–Crippen MR) is 143 cm³/mol. The first-order valence-electron chi connectivity index (χ1n) is 12.8. The minimum Gasteiger partial charge on any atom is -0.479 e. The fraction of sp³-hybridized carbons (Fsp3) is 0.290. The fourth-order valence-electron chi connectivity index (χ4n) is 4.65. The number of carboxylic acid groups (broad SMARTS) is 1. The number of rotatable bonds is 10. The zero-order valence-electron chi connectivity index (χ0n) is 22.0. The van der Waals surface area contributed by atoms with Crippen molar-refractivity contribution in [2.75, 3.05) is 0 Å². The molecule has 1 aromatic heterocycles. The zero-order chi connectivity index (χ0) is 26.8. The van der Waals surface area contributed by atoms with Gasteiger partial charge >= 0.3 is 5.97 Å². The third-order valence-electron chi connectivity index (χ3n) is 6.90. The average Bonchev–Trinajstić information content (AvgIpc) is 3.52. The molecule has 196 valence electrons. The second kappa shape index (κ2) is 10.8. The van der Waals surface area contributed by atoms with Crippen molar-refractivity contribution in [2.24, 2.45) is 0 Å². The molecule has 0 saturated carbocycles. The number of ether oxygens (including phenoxy) is 1. The Morgan fingerprint density at radius 2 is 1.71 bits per heavy atom. The van der Waals surface area contributed by atoms with E-state index >= 15 is 0 Å². The fourth-order valence-corrected chi connectivity index (χ4v) is 4.65. The summed E-state index contributed by atoms with van der Waals surface area (Å²) in [5.74, 6) is 0.933. The molecule has 1 aliphatic heterocycles. The summed E-state index contributed by atoms with van der Waals surface area (Å²) in [5, 5.41) is 11.3. The van der Waals surface area contributed by atoms with E-state index < -0.39 is 12.1 Å². The highest BCUT2D eigenvalue weighted by atomic mass is 16.7. The number of hydroxylamine groups is 2. The van der Waals surface area contributed by atoms with Crippen molar-refractivity contribution in [2.45, 2.75) is 58.9 Å². The number of carbonyl (C=O) groups is 1. The van der Waals surface area contributed by atoms with Crippen LogP contribution in [0.25, 0.3) is 11.5 Å². The molecule has 5 rings (SSSR count). The van der Waals surface area contributed by atoms with Crippen molar-refractivity contribution in [3.63, 3.8) is 0 Å². The van der Waals surface area contributed by atoms with Gasteiger partial charge in [-0.2, -0.15) is 5.06 Å². The van der Waals surface area contributed by atoms with Gasteiger partial charge in [-0.3, -0.25) is 4.84 Å². The van der Waals surface area contributed by atoms with Gasteiger partial charge in [-0.05, 0) is 62.1 Å². The van der Waals surface area contributed by atoms with E-state index in [4.69, 9.17) is 19.0 Å². The van der Waals surface area contributed by atoms with E-state index in [9.17, 15) is 9.90 Å². The van der Waals surface area contributed by atoms with Crippen molar-refractivity contribution in [1.82, 2.24) is 10.0 Å². The van der Waals surface area contributed by atoms with Crippen molar-refractivity contribution in [3.05, 3.63) is 107 Å². The van der Waals surface area contributed by atoms with E-state index in [1.54, 1.807) is 6.92 Å². The Morgan fingerprint density at radius 3 is 2.37 bits per heavy atom. The topological polar surface area (TPSA) is 84.8 Å². The van der Waals surface area contributed by atoms with Crippen LogP contribution in [0, 0.1) is 20.8 Å². The van der Waals surface area contributed by atoms with Gasteiger partial charge in [-0.25, -0.2) is 9.78 Å². The molecule has 4 aromatic rings. The van der Waals surface area contributed by atoms with Crippen molar-refractivity contribution < 1.29 is 23.9 Å². The van der Waals surface area contributed by atoms with Gasteiger partial charge in [0, 0.05) is 5.56 Å². The van der Waals surface area contributed by atoms with Gasteiger partial charge in [0.15, 0.2) is 6.10 Å². The number of benzene rings is 3. The summed E-state index contributed by atoms with van der Waals surface area (Å²) in [7, 11) is 0. The van der Waals surface area contributed by atoms with Crippen LogP contribution in [0.5, 0.6) is 5.75 Å². The molecule has 1 N–H and O–H groups in total. The molecule has 0 spiro atoms. The van der Waals surface area contributed by atoms with E-state index in [0.717, 1.165) is 33.7 Å². The van der Waals surface area contributed by atoms with Crippen LogP contribution in [-0.2, 0) is 16.2 Å². The lowest BCUT2D eigenvalue weighted by atomic mass is 10.0. The molecular weight excluding hydrogens is 480 g/mol. The lowest BCUT2D eigenvalue weighted by molar-refractivity contribution is -0.145. The Bertz CT molecular complexity index is 1410. The molecule has 38 heavy (non-hydrogen) atoms. The van der Waals surface area contributed by atoms with Crippen LogP contribution in [0.15, 0.2) is 77.2 Å². The highest BCUT2D eigenvalue weighted by Gasteiger charge is 2.51. The number of aliphatic carboxylic acids is 1. The number of oxazole rings is 1. The summed E-state index contributed by atoms with van der Waals surface area (Å²) in [5.41, 5.74) is 5.99. The Balaban J connectivity index is 1.34. The Hall–Kier alpha value is -3.94. The summed E-state index contributed by atoms with van der Waals surface area (Å²) < 4.78 is 11.7. The number of nitrogens with zero attached hydrogens (tertiary/aromatic N) is 2. The molecule has 4 unspecified atom stereocenters. The van der Waals surface area contributed by atoms with Gasteiger partial charge in [0.05, 0.1) is 12.1 Å². The Labute approximate surface area is 222 Å². The molecule has 1 aliphatic rings. The van der Waals surface area contributed by atoms with Gasteiger partial charge in [0.1, 0.15) is 23.8 Å². The quantitative estimate of drug-likeness (QED) is 0.236. The van der Waals surface area contributed by atoms with E-state index in [1.807, 2.05) is 86.5 Å². The first-order chi connectivity index (χ1) is 18.4. The van der Waals surface area contributed by atoms with E-state index in [-0.39, 0.29) is 18.7 Å². The monoisotopic (exact) mass is 512 g/mol. The Morgan fingerprint density at radius 1 is 1.00 bits per heavy atom. The standard InChI is InChI=1S/C31H32N2O5/c1-5-26(31(34)35)38-27-16-15-24(17-20(27)3)29-28(22-9-7-6-8-10-22)33(29)36-18-25-21(4)37-30(32-25)23-13-11-19(2)12-14-23/h6-17,26,28-29H,5,18H2,1-4H3,(H,34,35). The SMILES string of the molecule is CCC(Oc1ccc(C2C(c3ccccc3)N2OCc2nc(-c3ccc(C)cc3)oc2C)cc1C)C(=O)O. The van der Waals surface area contributed by atoms with Gasteiger partial charge in [0.25, 0.3) is 0 Å². The van der Waals surface area contributed by atoms with Crippen LogP contribution in [0.1, 0.15) is 59.1 Å². The maximum absolute atomic E-state index is 11.4. The Kier molecular flexibility index (Phi) is 7.31. The van der Waals surface area contributed by atoms with Crippen LogP contribution in [0.2, 0.25) is 0 Å². The van der Waals surface area contributed by atoms with Crippen LogP contribution >= 0.6 is 0 Å². The van der Waals surface area contributed by atoms with Crippen molar-refractivity contribution in [1.29, 1.82) is 0 Å². The summed E-state index contributed by atoms with van der Waals surface area (Å²) in [6.07, 6.45) is -0.475. The van der Waals surface area contributed by atoms with E-state index in [0.29, 0.717) is 18.1 Å². The van der Waals surface area contributed by atoms with Crippen molar-refractivity contribution >= 4 is 5.97 Å².